The minimum atomic E-state index is 0.0598. The Morgan fingerprint density at radius 3 is 2.59 bits per heavy atom. The largest absolute Gasteiger partial charge is 0.508 e. The molecule has 0 heterocycles. The van der Waals surface area contributed by atoms with Crippen molar-refractivity contribution in [2.75, 3.05) is 0 Å². The Bertz CT molecular complexity index is 470. The van der Waals surface area contributed by atoms with Gasteiger partial charge in [0, 0.05) is 5.56 Å². The first-order chi connectivity index (χ1) is 8.03. The molecule has 1 aromatic carbocycles. The van der Waals surface area contributed by atoms with E-state index in [1.54, 1.807) is 6.07 Å². The fourth-order valence-electron chi connectivity index (χ4n) is 2.58. The summed E-state index contributed by atoms with van der Waals surface area (Å²) in [5, 5.41) is 9.96. The van der Waals surface area contributed by atoms with Crippen molar-refractivity contribution in [1.82, 2.24) is 0 Å². The molecule has 1 N–H and O–H groups in total. The van der Waals surface area contributed by atoms with Crippen molar-refractivity contribution in [1.29, 1.82) is 0 Å². The van der Waals surface area contributed by atoms with Crippen molar-refractivity contribution < 1.29 is 5.11 Å². The van der Waals surface area contributed by atoms with E-state index >= 15 is 0 Å². The van der Waals surface area contributed by atoms with Crippen molar-refractivity contribution in [3.63, 3.8) is 0 Å². The Labute approximate surface area is 103 Å². The van der Waals surface area contributed by atoms with Crippen LogP contribution >= 0.6 is 0 Å². The predicted molar refractivity (Wildman–Crippen MR) is 72.2 cm³/mol. The third kappa shape index (κ3) is 2.28. The lowest BCUT2D eigenvalue weighted by Gasteiger charge is -2.34. The van der Waals surface area contributed by atoms with Gasteiger partial charge in [-0.1, -0.05) is 43.4 Å². The number of rotatable bonds is 2. The molecule has 0 saturated carbocycles. The van der Waals surface area contributed by atoms with E-state index in [1.807, 2.05) is 18.2 Å². The van der Waals surface area contributed by atoms with Gasteiger partial charge in [-0.05, 0) is 43.2 Å². The second kappa shape index (κ2) is 4.40. The first-order valence-electron chi connectivity index (χ1n) is 6.16. The summed E-state index contributed by atoms with van der Waals surface area (Å²) >= 11 is 0. The zero-order valence-corrected chi connectivity index (χ0v) is 10.7. The van der Waals surface area contributed by atoms with Crippen LogP contribution in [0.15, 0.2) is 48.1 Å². The fraction of sp³-hybridized carbons (Fsp3) is 0.375. The van der Waals surface area contributed by atoms with Crippen LogP contribution in [-0.2, 0) is 5.41 Å². The van der Waals surface area contributed by atoms with Gasteiger partial charge in [0.25, 0.3) is 0 Å². The van der Waals surface area contributed by atoms with E-state index < -0.39 is 0 Å². The SMILES string of the molecule is C=C(C)C1=CCC(C)(c2ccccc2O)CC1. The first-order valence-corrected chi connectivity index (χ1v) is 6.16. The molecule has 1 nitrogen and oxygen atoms in total. The molecule has 0 bridgehead atoms. The summed E-state index contributed by atoms with van der Waals surface area (Å²) in [6.07, 6.45) is 5.38. The van der Waals surface area contributed by atoms with Gasteiger partial charge in [0.15, 0.2) is 0 Å². The number of aromatic hydroxyl groups is 1. The maximum Gasteiger partial charge on any atom is 0.119 e. The normalized spacial score (nSPS) is 24.2. The summed E-state index contributed by atoms with van der Waals surface area (Å²) in [4.78, 5) is 0. The smallest absolute Gasteiger partial charge is 0.119 e. The molecule has 1 unspecified atom stereocenters. The van der Waals surface area contributed by atoms with E-state index in [1.165, 1.54) is 11.1 Å². The Balaban J connectivity index is 2.29. The highest BCUT2D eigenvalue weighted by Crippen LogP contribution is 2.42. The predicted octanol–water partition coefficient (Wildman–Crippen LogP) is 4.34. The summed E-state index contributed by atoms with van der Waals surface area (Å²) in [7, 11) is 0. The lowest BCUT2D eigenvalue weighted by molar-refractivity contribution is 0.388. The number of phenols is 1. The fourth-order valence-corrected chi connectivity index (χ4v) is 2.58. The Morgan fingerprint density at radius 2 is 2.06 bits per heavy atom. The molecule has 0 spiro atoms. The maximum atomic E-state index is 9.96. The highest BCUT2D eigenvalue weighted by molar-refractivity contribution is 5.41. The van der Waals surface area contributed by atoms with Crippen molar-refractivity contribution in [2.45, 2.75) is 38.5 Å². The molecule has 1 heteroatoms. The molecule has 1 aliphatic rings. The zero-order valence-electron chi connectivity index (χ0n) is 10.7. The van der Waals surface area contributed by atoms with Crippen molar-refractivity contribution in [3.8, 4) is 5.75 Å². The van der Waals surface area contributed by atoms with Gasteiger partial charge in [0.1, 0.15) is 5.75 Å². The summed E-state index contributed by atoms with van der Waals surface area (Å²) in [5.74, 6) is 0.419. The minimum Gasteiger partial charge on any atom is -0.508 e. The molecular weight excluding hydrogens is 208 g/mol. The van der Waals surface area contributed by atoms with E-state index in [0.29, 0.717) is 5.75 Å². The van der Waals surface area contributed by atoms with Gasteiger partial charge < -0.3 is 5.11 Å². The second-order valence-corrected chi connectivity index (χ2v) is 5.29. The van der Waals surface area contributed by atoms with E-state index in [4.69, 9.17) is 0 Å². The van der Waals surface area contributed by atoms with Gasteiger partial charge in [-0.25, -0.2) is 0 Å². The molecule has 0 aliphatic heterocycles. The van der Waals surface area contributed by atoms with Crippen molar-refractivity contribution >= 4 is 0 Å². The van der Waals surface area contributed by atoms with Gasteiger partial charge in [0.2, 0.25) is 0 Å². The first kappa shape index (κ1) is 12.0. The number of hydrogen-bond donors (Lipinski definition) is 1. The van der Waals surface area contributed by atoms with Gasteiger partial charge in [-0.15, -0.1) is 0 Å². The Kier molecular flexibility index (Phi) is 3.10. The average Bonchev–Trinajstić information content (AvgIpc) is 2.30. The molecule has 1 aliphatic carbocycles. The van der Waals surface area contributed by atoms with Crippen LogP contribution in [0.3, 0.4) is 0 Å². The van der Waals surface area contributed by atoms with E-state index in [0.717, 1.165) is 24.8 Å². The summed E-state index contributed by atoms with van der Waals surface area (Å²) in [5.41, 5.74) is 3.67. The molecule has 2 rings (SSSR count). The minimum absolute atomic E-state index is 0.0598. The summed E-state index contributed by atoms with van der Waals surface area (Å²) in [6, 6.07) is 7.69. The van der Waals surface area contributed by atoms with Crippen molar-refractivity contribution in [3.05, 3.63) is 53.6 Å². The molecule has 0 radical (unpaired) electrons. The molecule has 0 saturated heterocycles. The zero-order chi connectivity index (χ0) is 12.5. The van der Waals surface area contributed by atoms with Gasteiger partial charge in [-0.2, -0.15) is 0 Å². The number of para-hydroxylation sites is 1. The third-order valence-electron chi connectivity index (χ3n) is 3.85. The lowest BCUT2D eigenvalue weighted by atomic mass is 9.71. The third-order valence-corrected chi connectivity index (χ3v) is 3.85. The molecular formula is C16H20O. The van der Waals surface area contributed by atoms with Gasteiger partial charge >= 0.3 is 0 Å². The number of hydrogen-bond acceptors (Lipinski definition) is 1. The van der Waals surface area contributed by atoms with Gasteiger partial charge in [-0.3, -0.25) is 0 Å². The molecule has 0 amide bonds. The molecule has 1 atom stereocenters. The van der Waals surface area contributed by atoms with Crippen LogP contribution in [0.1, 0.15) is 38.7 Å². The maximum absolute atomic E-state index is 9.96. The topological polar surface area (TPSA) is 20.2 Å². The highest BCUT2D eigenvalue weighted by Gasteiger charge is 2.30. The lowest BCUT2D eigenvalue weighted by Crippen LogP contribution is -2.24. The van der Waals surface area contributed by atoms with E-state index in [2.05, 4.69) is 26.5 Å². The summed E-state index contributed by atoms with van der Waals surface area (Å²) in [6.45, 7) is 8.29. The summed E-state index contributed by atoms with van der Waals surface area (Å²) < 4.78 is 0. The number of benzene rings is 1. The molecule has 90 valence electrons. The standard InChI is InChI=1S/C16H20O/c1-12(2)13-8-10-16(3,11-9-13)14-6-4-5-7-15(14)17/h4-8,17H,1,9-11H2,2-3H3. The van der Waals surface area contributed by atoms with Crippen molar-refractivity contribution in [2.24, 2.45) is 0 Å². The van der Waals surface area contributed by atoms with E-state index in [9.17, 15) is 5.11 Å². The average molecular weight is 228 g/mol. The second-order valence-electron chi connectivity index (χ2n) is 5.29. The van der Waals surface area contributed by atoms with Crippen LogP contribution in [0.2, 0.25) is 0 Å². The van der Waals surface area contributed by atoms with Crippen LogP contribution < -0.4 is 0 Å². The van der Waals surface area contributed by atoms with Gasteiger partial charge in [0.05, 0.1) is 0 Å². The van der Waals surface area contributed by atoms with Crippen LogP contribution in [0, 0.1) is 0 Å². The van der Waals surface area contributed by atoms with Crippen LogP contribution in [0.5, 0.6) is 5.75 Å². The van der Waals surface area contributed by atoms with Crippen LogP contribution in [0.4, 0.5) is 0 Å². The van der Waals surface area contributed by atoms with E-state index in [-0.39, 0.29) is 5.41 Å². The quantitative estimate of drug-likeness (QED) is 0.798. The Hall–Kier alpha value is -1.50. The number of phenolic OH excluding ortho intramolecular Hbond substituents is 1. The Morgan fingerprint density at radius 1 is 1.35 bits per heavy atom. The highest BCUT2D eigenvalue weighted by atomic mass is 16.3. The van der Waals surface area contributed by atoms with Crippen LogP contribution in [-0.4, -0.2) is 5.11 Å². The monoisotopic (exact) mass is 228 g/mol. The molecule has 0 aromatic heterocycles. The molecule has 0 fully saturated rings. The van der Waals surface area contributed by atoms with Crippen LogP contribution in [0.25, 0.3) is 0 Å². The number of allylic oxidation sites excluding steroid dienone is 3. The molecule has 17 heavy (non-hydrogen) atoms. The molecule has 1 aromatic rings.